The first-order chi connectivity index (χ1) is 15.8. The summed E-state index contributed by atoms with van der Waals surface area (Å²) in [5, 5.41) is 4.98. The number of rotatable bonds is 7. The average Bonchev–Trinajstić information content (AvgIpc) is 3.53. The second-order valence-electron chi connectivity index (χ2n) is 9.03. The number of aryl methyl sites for hydroxylation is 1. The molecule has 33 heavy (non-hydrogen) atoms. The van der Waals surface area contributed by atoms with Gasteiger partial charge in [-0.25, -0.2) is 9.98 Å². The van der Waals surface area contributed by atoms with E-state index in [4.69, 9.17) is 9.73 Å². The quantitative estimate of drug-likeness (QED) is 0.616. The summed E-state index contributed by atoms with van der Waals surface area (Å²) in [4.78, 5) is 36.8. The summed E-state index contributed by atoms with van der Waals surface area (Å²) in [7, 11) is 3.95. The zero-order chi connectivity index (χ0) is 23.7. The van der Waals surface area contributed by atoms with Gasteiger partial charge in [-0.05, 0) is 71.0 Å². The Bertz CT molecular complexity index is 1040. The van der Waals surface area contributed by atoms with Gasteiger partial charge in [0, 0.05) is 18.2 Å². The van der Waals surface area contributed by atoms with Crippen molar-refractivity contribution in [3.05, 3.63) is 40.6 Å². The number of carbonyl (C=O) groups excluding carboxylic acids is 2. The lowest BCUT2D eigenvalue weighted by molar-refractivity contribution is -0.148. The van der Waals surface area contributed by atoms with Crippen LogP contribution in [0.3, 0.4) is 0 Å². The fraction of sp³-hybridized carbons (Fsp3) is 0.500. The molecule has 1 aromatic rings. The minimum atomic E-state index is -0.432. The number of benzene rings is 1. The molecule has 9 heteroatoms. The molecule has 3 aliphatic rings. The van der Waals surface area contributed by atoms with Crippen molar-refractivity contribution in [3.8, 4) is 0 Å². The van der Waals surface area contributed by atoms with E-state index in [9.17, 15) is 9.59 Å². The number of amidine groups is 1. The number of fused-ring (bicyclic) bond motifs is 1. The van der Waals surface area contributed by atoms with E-state index < -0.39 is 5.92 Å². The monoisotopic (exact) mass is 452 g/mol. The Kier molecular flexibility index (Phi) is 6.51. The zero-order valence-electron chi connectivity index (χ0n) is 19.9. The summed E-state index contributed by atoms with van der Waals surface area (Å²) in [6.45, 7) is 6.67. The third-order valence-corrected chi connectivity index (χ3v) is 6.10. The van der Waals surface area contributed by atoms with Crippen molar-refractivity contribution in [2.75, 3.05) is 27.2 Å². The molecule has 2 N–H and O–H groups in total. The van der Waals surface area contributed by atoms with E-state index in [1.807, 2.05) is 56.9 Å². The SMILES string of the molecule is CCOC(=O)C1C(C)=C2C(=Nc3cc(C(=O)NC4CC4)ccc3C)N=CNN2C1CN(C)C. The second kappa shape index (κ2) is 9.35. The maximum Gasteiger partial charge on any atom is 0.315 e. The van der Waals surface area contributed by atoms with Gasteiger partial charge in [0.15, 0.2) is 5.84 Å². The number of ether oxygens (including phenoxy) is 1. The van der Waals surface area contributed by atoms with Gasteiger partial charge >= 0.3 is 5.97 Å². The highest BCUT2D eigenvalue weighted by Crippen LogP contribution is 2.37. The Morgan fingerprint density at radius 1 is 1.30 bits per heavy atom. The number of carbonyl (C=O) groups is 2. The maximum absolute atomic E-state index is 12.9. The van der Waals surface area contributed by atoms with Crippen LogP contribution in [0.25, 0.3) is 0 Å². The number of hydrogen-bond acceptors (Lipinski definition) is 7. The van der Waals surface area contributed by atoms with E-state index in [1.165, 1.54) is 0 Å². The molecular weight excluding hydrogens is 420 g/mol. The highest BCUT2D eigenvalue weighted by Gasteiger charge is 2.46. The number of hydrogen-bond donors (Lipinski definition) is 2. The standard InChI is InChI=1S/C24H32N6O3/c1-6-33-24(32)20-15(3)21-22(25-13-26-30(21)19(20)12-29(4)5)28-18-11-16(8-7-14(18)2)23(31)27-17-9-10-17/h7-8,11,13,17,19-20H,6,9-10,12H2,1-5H3,(H,27,31)(H,25,26,28). The van der Waals surface area contributed by atoms with Crippen molar-refractivity contribution >= 4 is 29.7 Å². The van der Waals surface area contributed by atoms with Crippen LogP contribution in [0, 0.1) is 12.8 Å². The Morgan fingerprint density at radius 3 is 2.73 bits per heavy atom. The molecule has 1 amide bonds. The molecule has 1 fully saturated rings. The normalized spacial score (nSPS) is 23.1. The molecule has 1 aliphatic carbocycles. The lowest BCUT2D eigenvalue weighted by Gasteiger charge is -2.34. The van der Waals surface area contributed by atoms with Crippen molar-refractivity contribution in [2.24, 2.45) is 15.9 Å². The van der Waals surface area contributed by atoms with Crippen LogP contribution in [0.5, 0.6) is 0 Å². The van der Waals surface area contributed by atoms with E-state index in [0.29, 0.717) is 30.2 Å². The van der Waals surface area contributed by atoms with E-state index in [0.717, 1.165) is 29.7 Å². The molecule has 0 bridgehead atoms. The third-order valence-electron chi connectivity index (χ3n) is 6.10. The van der Waals surface area contributed by atoms with Gasteiger partial charge in [-0.2, -0.15) is 0 Å². The van der Waals surface area contributed by atoms with Crippen LogP contribution >= 0.6 is 0 Å². The van der Waals surface area contributed by atoms with Gasteiger partial charge in [0.1, 0.15) is 18.0 Å². The number of esters is 1. The number of amides is 1. The first kappa shape index (κ1) is 23.0. The summed E-state index contributed by atoms with van der Waals surface area (Å²) < 4.78 is 5.39. The number of aliphatic imine (C=N–C) groups is 2. The minimum Gasteiger partial charge on any atom is -0.465 e. The van der Waals surface area contributed by atoms with Crippen LogP contribution < -0.4 is 10.7 Å². The molecule has 9 nitrogen and oxygen atoms in total. The first-order valence-corrected chi connectivity index (χ1v) is 11.4. The molecule has 0 saturated heterocycles. The molecule has 4 rings (SSSR count). The number of hydrazine groups is 1. The average molecular weight is 453 g/mol. The van der Waals surface area contributed by atoms with Crippen molar-refractivity contribution in [1.29, 1.82) is 0 Å². The van der Waals surface area contributed by atoms with Crippen molar-refractivity contribution < 1.29 is 14.3 Å². The molecule has 2 heterocycles. The third kappa shape index (κ3) is 4.78. The Balaban J connectivity index is 1.71. The van der Waals surface area contributed by atoms with Gasteiger partial charge in [0.25, 0.3) is 5.91 Å². The van der Waals surface area contributed by atoms with Gasteiger partial charge in [-0.3, -0.25) is 20.0 Å². The van der Waals surface area contributed by atoms with Crippen LogP contribution in [0.2, 0.25) is 0 Å². The fourth-order valence-corrected chi connectivity index (χ4v) is 4.29. The molecule has 0 spiro atoms. The molecule has 176 valence electrons. The Morgan fingerprint density at radius 2 is 2.06 bits per heavy atom. The van der Waals surface area contributed by atoms with Crippen LogP contribution in [-0.4, -0.2) is 73.3 Å². The van der Waals surface area contributed by atoms with Gasteiger partial charge in [0.2, 0.25) is 0 Å². The van der Waals surface area contributed by atoms with Crippen molar-refractivity contribution in [1.82, 2.24) is 20.7 Å². The summed E-state index contributed by atoms with van der Waals surface area (Å²) in [5.41, 5.74) is 7.02. The topological polar surface area (TPSA) is 98.6 Å². The Labute approximate surface area is 194 Å². The second-order valence-corrected chi connectivity index (χ2v) is 9.03. The van der Waals surface area contributed by atoms with Crippen LogP contribution in [0.4, 0.5) is 5.69 Å². The summed E-state index contributed by atoms with van der Waals surface area (Å²) in [6.07, 6.45) is 3.66. The van der Waals surface area contributed by atoms with Gasteiger partial charge in [-0.1, -0.05) is 6.07 Å². The van der Waals surface area contributed by atoms with E-state index >= 15 is 0 Å². The fourth-order valence-electron chi connectivity index (χ4n) is 4.29. The van der Waals surface area contributed by atoms with Gasteiger partial charge in [0.05, 0.1) is 18.3 Å². The van der Waals surface area contributed by atoms with E-state index in [2.05, 4.69) is 15.7 Å². The summed E-state index contributed by atoms with van der Waals surface area (Å²) in [6, 6.07) is 5.64. The van der Waals surface area contributed by atoms with Crippen LogP contribution in [-0.2, 0) is 9.53 Å². The predicted octanol–water partition coefficient (Wildman–Crippen LogP) is 2.16. The maximum atomic E-state index is 12.9. The highest BCUT2D eigenvalue weighted by molar-refractivity contribution is 6.07. The lowest BCUT2D eigenvalue weighted by atomic mass is 9.95. The molecule has 2 atom stereocenters. The highest BCUT2D eigenvalue weighted by atomic mass is 16.5. The molecule has 2 aliphatic heterocycles. The lowest BCUT2D eigenvalue weighted by Crippen LogP contribution is -2.52. The minimum absolute atomic E-state index is 0.0842. The number of nitrogens with one attached hydrogen (secondary N) is 2. The first-order valence-electron chi connectivity index (χ1n) is 11.4. The van der Waals surface area contributed by atoms with E-state index in [1.54, 1.807) is 12.4 Å². The Hall–Kier alpha value is -3.20. The van der Waals surface area contributed by atoms with Crippen molar-refractivity contribution in [3.63, 3.8) is 0 Å². The molecule has 1 aromatic carbocycles. The summed E-state index contributed by atoms with van der Waals surface area (Å²) in [5.74, 6) is -0.262. The smallest absolute Gasteiger partial charge is 0.315 e. The summed E-state index contributed by atoms with van der Waals surface area (Å²) >= 11 is 0. The van der Waals surface area contributed by atoms with Gasteiger partial charge < -0.3 is 15.0 Å². The molecule has 1 saturated carbocycles. The molecule has 0 aromatic heterocycles. The predicted molar refractivity (Wildman–Crippen MR) is 127 cm³/mol. The molecular formula is C24H32N6O3. The van der Waals surface area contributed by atoms with E-state index in [-0.39, 0.29) is 24.0 Å². The van der Waals surface area contributed by atoms with Crippen molar-refractivity contribution in [2.45, 2.75) is 45.7 Å². The number of nitrogens with zero attached hydrogens (tertiary/aromatic N) is 4. The zero-order valence-corrected chi connectivity index (χ0v) is 19.9. The molecule has 2 unspecified atom stereocenters. The van der Waals surface area contributed by atoms with Gasteiger partial charge in [-0.15, -0.1) is 0 Å². The largest absolute Gasteiger partial charge is 0.465 e. The van der Waals surface area contributed by atoms with Crippen LogP contribution in [0.1, 0.15) is 42.6 Å². The molecule has 0 radical (unpaired) electrons. The van der Waals surface area contributed by atoms with Crippen LogP contribution in [0.15, 0.2) is 39.5 Å². The number of likely N-dealkylation sites (N-methyl/N-ethyl adjacent to an activating group) is 1.